The Labute approximate surface area is 64.3 Å². The quantitative estimate of drug-likeness (QED) is 0.451. The van der Waals surface area contributed by atoms with Crippen LogP contribution in [0, 0.1) is 0 Å². The van der Waals surface area contributed by atoms with Gasteiger partial charge in [0.1, 0.15) is 0 Å². The molecule has 0 aromatic carbocycles. The van der Waals surface area contributed by atoms with E-state index in [-0.39, 0.29) is 19.4 Å². The highest BCUT2D eigenvalue weighted by Gasteiger charge is 2.26. The van der Waals surface area contributed by atoms with E-state index in [0.717, 1.165) is 0 Å². The lowest BCUT2D eigenvalue weighted by atomic mass is 10.1. The third kappa shape index (κ3) is 5.67. The summed E-state index contributed by atoms with van der Waals surface area (Å²) in [5.41, 5.74) is 0. The smallest absolute Gasteiger partial charge is 0.211 e. The van der Waals surface area contributed by atoms with Gasteiger partial charge in [0.05, 0.1) is 6.54 Å². The second kappa shape index (κ2) is 4.97. The molecule has 0 fully saturated rings. The number of aliphatic imine (C=N–C) groups is 1. The molecule has 0 rings (SSSR count). The number of hydrogen-bond acceptors (Lipinski definition) is 2. The molecule has 11 heavy (non-hydrogen) atoms. The van der Waals surface area contributed by atoms with Gasteiger partial charge in [0.2, 0.25) is 12.0 Å². The molecule has 0 saturated carbocycles. The number of alkyl halides is 2. The summed E-state index contributed by atoms with van der Waals surface area (Å²) >= 11 is 0. The zero-order chi connectivity index (χ0) is 8.74. The minimum absolute atomic E-state index is 0.128. The molecule has 0 atom stereocenters. The molecule has 0 aromatic heterocycles. The summed E-state index contributed by atoms with van der Waals surface area (Å²) in [7, 11) is 0. The Morgan fingerprint density at radius 3 is 2.55 bits per heavy atom. The Balaban J connectivity index is 3.62. The zero-order valence-electron chi connectivity index (χ0n) is 6.44. The lowest BCUT2D eigenvalue weighted by Crippen LogP contribution is -2.16. The van der Waals surface area contributed by atoms with Crippen molar-refractivity contribution in [3.63, 3.8) is 0 Å². The van der Waals surface area contributed by atoms with Crippen LogP contribution in [0.3, 0.4) is 0 Å². The van der Waals surface area contributed by atoms with E-state index in [0.29, 0.717) is 6.42 Å². The number of nitrogens with zero attached hydrogens (tertiary/aromatic N) is 1. The van der Waals surface area contributed by atoms with E-state index >= 15 is 0 Å². The summed E-state index contributed by atoms with van der Waals surface area (Å²) in [5, 5.41) is 0. The summed E-state index contributed by atoms with van der Waals surface area (Å²) in [5.74, 6) is -2.67. The first-order valence-electron chi connectivity index (χ1n) is 3.54. The SMILES string of the molecule is CCCC(F)(F)CCN=C=O. The van der Waals surface area contributed by atoms with Crippen molar-refractivity contribution < 1.29 is 13.6 Å². The molecule has 4 heteroatoms. The third-order valence-corrected chi connectivity index (χ3v) is 1.27. The second-order valence-corrected chi connectivity index (χ2v) is 2.33. The van der Waals surface area contributed by atoms with Gasteiger partial charge in [-0.2, -0.15) is 0 Å². The molecule has 0 amide bonds. The highest BCUT2D eigenvalue weighted by Crippen LogP contribution is 2.23. The van der Waals surface area contributed by atoms with Crippen LogP contribution in [0.15, 0.2) is 4.99 Å². The van der Waals surface area contributed by atoms with E-state index in [2.05, 4.69) is 4.99 Å². The first-order valence-corrected chi connectivity index (χ1v) is 3.54. The van der Waals surface area contributed by atoms with E-state index in [1.54, 1.807) is 6.92 Å². The van der Waals surface area contributed by atoms with Gasteiger partial charge in [-0.1, -0.05) is 13.3 Å². The molecule has 0 bridgehead atoms. The van der Waals surface area contributed by atoms with Crippen molar-refractivity contribution in [3.8, 4) is 0 Å². The number of carbonyl (C=O) groups excluding carboxylic acids is 1. The second-order valence-electron chi connectivity index (χ2n) is 2.33. The van der Waals surface area contributed by atoms with Crippen LogP contribution in [0.5, 0.6) is 0 Å². The van der Waals surface area contributed by atoms with Crippen molar-refractivity contribution in [1.82, 2.24) is 0 Å². The van der Waals surface area contributed by atoms with E-state index < -0.39 is 5.92 Å². The van der Waals surface area contributed by atoms with Gasteiger partial charge in [-0.15, -0.1) is 0 Å². The van der Waals surface area contributed by atoms with Crippen LogP contribution in [-0.2, 0) is 4.79 Å². The maximum absolute atomic E-state index is 12.6. The summed E-state index contributed by atoms with van der Waals surface area (Å²) in [6.07, 6.45) is 1.18. The van der Waals surface area contributed by atoms with Crippen LogP contribution >= 0.6 is 0 Å². The standard InChI is InChI=1S/C7H11F2NO/c1-2-3-7(8,9)4-5-10-6-11/h2-5H2,1H3. The average Bonchev–Trinajstić information content (AvgIpc) is 1.87. The topological polar surface area (TPSA) is 29.4 Å². The van der Waals surface area contributed by atoms with Gasteiger partial charge in [0.15, 0.2) is 0 Å². The number of hydrogen-bond donors (Lipinski definition) is 0. The average molecular weight is 163 g/mol. The molecular formula is C7H11F2NO. The highest BCUT2D eigenvalue weighted by molar-refractivity contribution is 5.32. The lowest BCUT2D eigenvalue weighted by Gasteiger charge is -2.12. The van der Waals surface area contributed by atoms with Gasteiger partial charge < -0.3 is 0 Å². The van der Waals surface area contributed by atoms with Crippen LogP contribution in [0.1, 0.15) is 26.2 Å². The maximum atomic E-state index is 12.6. The molecule has 2 nitrogen and oxygen atoms in total. The first-order chi connectivity index (χ1) is 5.12. The summed E-state index contributed by atoms with van der Waals surface area (Å²) in [4.78, 5) is 12.6. The molecule has 0 aliphatic carbocycles. The van der Waals surface area contributed by atoms with Crippen LogP contribution < -0.4 is 0 Å². The van der Waals surface area contributed by atoms with Crippen LogP contribution in [0.4, 0.5) is 8.78 Å². The molecule has 64 valence electrons. The normalized spacial score (nSPS) is 10.8. The number of halogens is 2. The third-order valence-electron chi connectivity index (χ3n) is 1.27. The number of rotatable bonds is 5. The van der Waals surface area contributed by atoms with Crippen molar-refractivity contribution in [3.05, 3.63) is 0 Å². The van der Waals surface area contributed by atoms with Crippen LogP contribution in [0.25, 0.3) is 0 Å². The molecule has 0 heterocycles. The Morgan fingerprint density at radius 2 is 2.09 bits per heavy atom. The summed E-state index contributed by atoms with van der Waals surface area (Å²) < 4.78 is 25.1. The van der Waals surface area contributed by atoms with Crippen LogP contribution in [0.2, 0.25) is 0 Å². The summed E-state index contributed by atoms with van der Waals surface area (Å²) in [6.45, 7) is 1.56. The maximum Gasteiger partial charge on any atom is 0.249 e. The van der Waals surface area contributed by atoms with Crippen molar-refractivity contribution >= 4 is 6.08 Å². The van der Waals surface area contributed by atoms with Crippen molar-refractivity contribution in [2.75, 3.05) is 6.54 Å². The van der Waals surface area contributed by atoms with E-state index in [1.165, 1.54) is 6.08 Å². The molecular weight excluding hydrogens is 152 g/mol. The Kier molecular flexibility index (Phi) is 4.62. The fourth-order valence-corrected chi connectivity index (χ4v) is 0.756. The monoisotopic (exact) mass is 163 g/mol. The highest BCUT2D eigenvalue weighted by atomic mass is 19.3. The minimum atomic E-state index is -2.67. The van der Waals surface area contributed by atoms with Gasteiger partial charge in [-0.3, -0.25) is 0 Å². The van der Waals surface area contributed by atoms with E-state index in [9.17, 15) is 13.6 Å². The molecule has 0 N–H and O–H groups in total. The number of isocyanates is 1. The van der Waals surface area contributed by atoms with Crippen molar-refractivity contribution in [2.45, 2.75) is 32.1 Å². The minimum Gasteiger partial charge on any atom is -0.211 e. The molecule has 0 unspecified atom stereocenters. The fraction of sp³-hybridized carbons (Fsp3) is 0.857. The molecule has 0 aliphatic heterocycles. The molecule has 0 aromatic rings. The zero-order valence-corrected chi connectivity index (χ0v) is 6.44. The van der Waals surface area contributed by atoms with Gasteiger partial charge in [-0.25, -0.2) is 18.6 Å². The molecule has 0 saturated heterocycles. The largest absolute Gasteiger partial charge is 0.249 e. The Bertz CT molecular complexity index is 153. The van der Waals surface area contributed by atoms with Crippen LogP contribution in [-0.4, -0.2) is 18.5 Å². The predicted octanol–water partition coefficient (Wildman–Crippen LogP) is 2.15. The molecule has 0 aliphatic rings. The van der Waals surface area contributed by atoms with Crippen molar-refractivity contribution in [1.29, 1.82) is 0 Å². The summed E-state index contributed by atoms with van der Waals surface area (Å²) in [6, 6.07) is 0. The first kappa shape index (κ1) is 10.2. The van der Waals surface area contributed by atoms with Gasteiger partial charge >= 0.3 is 0 Å². The molecule has 0 radical (unpaired) electrons. The fourth-order valence-electron chi connectivity index (χ4n) is 0.756. The predicted molar refractivity (Wildman–Crippen MR) is 37.5 cm³/mol. The Morgan fingerprint density at radius 1 is 1.45 bits per heavy atom. The Hall–Kier alpha value is -0.760. The van der Waals surface area contributed by atoms with Gasteiger partial charge in [-0.05, 0) is 0 Å². The van der Waals surface area contributed by atoms with Gasteiger partial charge in [0, 0.05) is 12.8 Å². The van der Waals surface area contributed by atoms with E-state index in [1.807, 2.05) is 0 Å². The molecule has 0 spiro atoms. The van der Waals surface area contributed by atoms with Crippen molar-refractivity contribution in [2.24, 2.45) is 4.99 Å². The van der Waals surface area contributed by atoms with Gasteiger partial charge in [0.25, 0.3) is 0 Å². The van der Waals surface area contributed by atoms with E-state index in [4.69, 9.17) is 0 Å². The lowest BCUT2D eigenvalue weighted by molar-refractivity contribution is -0.0140.